The van der Waals surface area contributed by atoms with E-state index < -0.39 is 0 Å². The lowest BCUT2D eigenvalue weighted by Gasteiger charge is -2.18. The first-order chi connectivity index (χ1) is 7.29. The van der Waals surface area contributed by atoms with Gasteiger partial charge < -0.3 is 5.32 Å². The predicted molar refractivity (Wildman–Crippen MR) is 67.9 cm³/mol. The van der Waals surface area contributed by atoms with E-state index in [0.29, 0.717) is 6.04 Å². The van der Waals surface area contributed by atoms with Gasteiger partial charge in [-0.05, 0) is 41.0 Å². The van der Waals surface area contributed by atoms with Crippen molar-refractivity contribution in [3.8, 4) is 0 Å². The Hall–Kier alpha value is -0.410. The van der Waals surface area contributed by atoms with Crippen molar-refractivity contribution in [2.45, 2.75) is 39.2 Å². The summed E-state index contributed by atoms with van der Waals surface area (Å²) >= 11 is 3.56. The van der Waals surface area contributed by atoms with Crippen LogP contribution in [0, 0.1) is 0 Å². The Morgan fingerprint density at radius 1 is 1.47 bits per heavy atom. The summed E-state index contributed by atoms with van der Waals surface area (Å²) in [6.45, 7) is 5.34. The maximum absolute atomic E-state index is 4.44. The van der Waals surface area contributed by atoms with Gasteiger partial charge >= 0.3 is 0 Å². The Balaban J connectivity index is 2.74. The molecule has 0 aliphatic carbocycles. The highest BCUT2D eigenvalue weighted by Crippen LogP contribution is 2.24. The zero-order chi connectivity index (χ0) is 11.1. The quantitative estimate of drug-likeness (QED) is 0.853. The summed E-state index contributed by atoms with van der Waals surface area (Å²) in [7, 11) is 0. The molecule has 1 rings (SSSR count). The number of halogens is 1. The summed E-state index contributed by atoms with van der Waals surface area (Å²) in [6, 6.07) is 4.39. The molecule has 3 heteroatoms. The van der Waals surface area contributed by atoms with E-state index in [-0.39, 0.29) is 0 Å². The van der Waals surface area contributed by atoms with E-state index in [1.165, 1.54) is 12.8 Å². The minimum Gasteiger partial charge on any atom is -0.309 e. The van der Waals surface area contributed by atoms with Crippen molar-refractivity contribution < 1.29 is 0 Å². The van der Waals surface area contributed by atoms with E-state index in [9.17, 15) is 0 Å². The topological polar surface area (TPSA) is 24.9 Å². The number of aromatic nitrogens is 1. The summed E-state index contributed by atoms with van der Waals surface area (Å²) < 4.78 is 1.10. The fourth-order valence-corrected chi connectivity index (χ4v) is 2.18. The second kappa shape index (κ2) is 6.96. The van der Waals surface area contributed by atoms with Crippen LogP contribution in [0.2, 0.25) is 0 Å². The highest BCUT2D eigenvalue weighted by molar-refractivity contribution is 9.10. The Labute approximate surface area is 101 Å². The third kappa shape index (κ3) is 3.92. The predicted octanol–water partition coefficient (Wildman–Crippen LogP) is 3.68. The van der Waals surface area contributed by atoms with Gasteiger partial charge in [-0.3, -0.25) is 4.98 Å². The van der Waals surface area contributed by atoms with E-state index >= 15 is 0 Å². The number of nitrogens with zero attached hydrogens (tertiary/aromatic N) is 1. The molecule has 1 heterocycles. The van der Waals surface area contributed by atoms with Crippen LogP contribution in [0.4, 0.5) is 0 Å². The van der Waals surface area contributed by atoms with Crippen molar-refractivity contribution in [3.05, 3.63) is 28.5 Å². The number of hydrogen-bond donors (Lipinski definition) is 1. The number of unbranched alkanes of at least 4 members (excludes halogenated alkanes) is 1. The highest BCUT2D eigenvalue weighted by atomic mass is 79.9. The number of hydrogen-bond acceptors (Lipinski definition) is 2. The second-order valence-corrected chi connectivity index (χ2v) is 4.48. The van der Waals surface area contributed by atoms with Gasteiger partial charge in [0.15, 0.2) is 0 Å². The Morgan fingerprint density at radius 2 is 2.27 bits per heavy atom. The van der Waals surface area contributed by atoms with E-state index in [2.05, 4.69) is 46.1 Å². The molecule has 1 N–H and O–H groups in total. The lowest BCUT2D eigenvalue weighted by Crippen LogP contribution is -2.22. The summed E-state index contributed by atoms with van der Waals surface area (Å²) in [6.07, 6.45) is 5.48. The second-order valence-electron chi connectivity index (χ2n) is 3.62. The third-order valence-corrected chi connectivity index (χ3v) is 3.08. The molecule has 0 spiro atoms. The summed E-state index contributed by atoms with van der Waals surface area (Å²) in [4.78, 5) is 4.44. The molecule has 0 fully saturated rings. The Kier molecular flexibility index (Phi) is 5.88. The molecule has 1 unspecified atom stereocenters. The van der Waals surface area contributed by atoms with Gasteiger partial charge in [-0.25, -0.2) is 0 Å². The minimum absolute atomic E-state index is 0.380. The molecule has 0 aliphatic heterocycles. The summed E-state index contributed by atoms with van der Waals surface area (Å²) in [5.74, 6) is 0. The van der Waals surface area contributed by atoms with Crippen LogP contribution >= 0.6 is 15.9 Å². The molecule has 1 atom stereocenters. The normalized spacial score (nSPS) is 12.7. The van der Waals surface area contributed by atoms with Gasteiger partial charge in [0.1, 0.15) is 0 Å². The fourth-order valence-electron chi connectivity index (χ4n) is 1.64. The van der Waals surface area contributed by atoms with Gasteiger partial charge in [0.2, 0.25) is 0 Å². The van der Waals surface area contributed by atoms with E-state index in [1.54, 1.807) is 0 Å². The molecule has 0 aliphatic rings. The molecular formula is C12H19BrN2. The van der Waals surface area contributed by atoms with Crippen molar-refractivity contribution in [1.82, 2.24) is 10.3 Å². The summed E-state index contributed by atoms with van der Waals surface area (Å²) in [5.41, 5.74) is 1.13. The fraction of sp³-hybridized carbons (Fsp3) is 0.583. The van der Waals surface area contributed by atoms with Gasteiger partial charge in [-0.15, -0.1) is 0 Å². The van der Waals surface area contributed by atoms with Gasteiger partial charge in [0, 0.05) is 10.7 Å². The maximum atomic E-state index is 4.44. The largest absolute Gasteiger partial charge is 0.309 e. The SMILES string of the molecule is CCCCC(NCC)c1ncccc1Br. The molecule has 1 aromatic heterocycles. The maximum Gasteiger partial charge on any atom is 0.0714 e. The molecule has 0 saturated carbocycles. The Bertz CT molecular complexity index is 289. The molecular weight excluding hydrogens is 252 g/mol. The van der Waals surface area contributed by atoms with Crippen LogP contribution in [0.3, 0.4) is 0 Å². The van der Waals surface area contributed by atoms with Gasteiger partial charge in [-0.2, -0.15) is 0 Å². The van der Waals surface area contributed by atoms with E-state index in [0.717, 1.165) is 23.1 Å². The summed E-state index contributed by atoms with van der Waals surface area (Å²) in [5, 5.41) is 3.48. The van der Waals surface area contributed by atoms with E-state index in [1.807, 2.05) is 12.3 Å². The van der Waals surface area contributed by atoms with Crippen LogP contribution in [0.1, 0.15) is 44.8 Å². The average molecular weight is 271 g/mol. The first-order valence-electron chi connectivity index (χ1n) is 5.63. The average Bonchev–Trinajstić information content (AvgIpc) is 2.25. The van der Waals surface area contributed by atoms with Crippen molar-refractivity contribution in [1.29, 1.82) is 0 Å². The van der Waals surface area contributed by atoms with Gasteiger partial charge in [-0.1, -0.05) is 26.7 Å². The lowest BCUT2D eigenvalue weighted by atomic mass is 10.1. The standard InChI is InChI=1S/C12H19BrN2/c1-3-5-8-11(14-4-2)12-10(13)7-6-9-15-12/h6-7,9,11,14H,3-5,8H2,1-2H3. The van der Waals surface area contributed by atoms with Crippen LogP contribution in [-0.2, 0) is 0 Å². The van der Waals surface area contributed by atoms with E-state index in [4.69, 9.17) is 0 Å². The molecule has 84 valence electrons. The van der Waals surface area contributed by atoms with Crippen molar-refractivity contribution in [2.75, 3.05) is 6.54 Å². The molecule has 0 amide bonds. The highest BCUT2D eigenvalue weighted by Gasteiger charge is 2.13. The molecule has 0 saturated heterocycles. The monoisotopic (exact) mass is 270 g/mol. The van der Waals surface area contributed by atoms with Crippen LogP contribution < -0.4 is 5.32 Å². The van der Waals surface area contributed by atoms with Gasteiger partial charge in [0.05, 0.1) is 11.7 Å². The van der Waals surface area contributed by atoms with Crippen molar-refractivity contribution in [2.24, 2.45) is 0 Å². The van der Waals surface area contributed by atoms with Crippen LogP contribution in [0.15, 0.2) is 22.8 Å². The first-order valence-corrected chi connectivity index (χ1v) is 6.42. The molecule has 2 nitrogen and oxygen atoms in total. The Morgan fingerprint density at radius 3 is 2.87 bits per heavy atom. The number of nitrogens with one attached hydrogen (secondary N) is 1. The third-order valence-electron chi connectivity index (χ3n) is 2.41. The smallest absolute Gasteiger partial charge is 0.0714 e. The van der Waals surface area contributed by atoms with Crippen LogP contribution in [0.5, 0.6) is 0 Å². The lowest BCUT2D eigenvalue weighted by molar-refractivity contribution is 0.483. The molecule has 0 bridgehead atoms. The van der Waals surface area contributed by atoms with Gasteiger partial charge in [0.25, 0.3) is 0 Å². The van der Waals surface area contributed by atoms with Crippen molar-refractivity contribution >= 4 is 15.9 Å². The molecule has 0 aromatic carbocycles. The number of pyridine rings is 1. The van der Waals surface area contributed by atoms with Crippen LogP contribution in [0.25, 0.3) is 0 Å². The number of rotatable bonds is 6. The van der Waals surface area contributed by atoms with Crippen molar-refractivity contribution in [3.63, 3.8) is 0 Å². The van der Waals surface area contributed by atoms with Crippen LogP contribution in [-0.4, -0.2) is 11.5 Å². The minimum atomic E-state index is 0.380. The zero-order valence-corrected chi connectivity index (χ0v) is 11.0. The zero-order valence-electron chi connectivity index (χ0n) is 9.46. The first kappa shape index (κ1) is 12.7. The molecule has 15 heavy (non-hydrogen) atoms. The molecule has 1 aromatic rings. The molecule has 0 radical (unpaired) electrons.